The van der Waals surface area contributed by atoms with Gasteiger partial charge in [-0.1, -0.05) is 42.1 Å². The second kappa shape index (κ2) is 8.46. The van der Waals surface area contributed by atoms with E-state index in [9.17, 15) is 14.4 Å². The van der Waals surface area contributed by atoms with E-state index in [-0.39, 0.29) is 30.1 Å². The molecule has 0 radical (unpaired) electrons. The molecular formula is C17H21N3O4S. The molecule has 25 heavy (non-hydrogen) atoms. The third kappa shape index (κ3) is 4.81. The predicted octanol–water partition coefficient (Wildman–Crippen LogP) is 1.05. The molecule has 3 rings (SSSR count). The number of amides is 3. The number of hydrogen-bond donors (Lipinski definition) is 1. The number of rotatable bonds is 6. The lowest BCUT2D eigenvalue weighted by atomic mass is 10.2. The summed E-state index contributed by atoms with van der Waals surface area (Å²) in [6.45, 7) is 3.30. The molecule has 2 heterocycles. The van der Waals surface area contributed by atoms with E-state index in [4.69, 9.17) is 4.74 Å². The number of thioether (sulfide) groups is 1. The van der Waals surface area contributed by atoms with Crippen LogP contribution in [0.2, 0.25) is 0 Å². The highest BCUT2D eigenvalue weighted by molar-refractivity contribution is 8.15. The van der Waals surface area contributed by atoms with Crippen LogP contribution >= 0.6 is 11.8 Å². The molecule has 1 aromatic rings. The second-order valence-electron chi connectivity index (χ2n) is 5.98. The summed E-state index contributed by atoms with van der Waals surface area (Å²) in [5, 5.41) is 1.88. The predicted molar refractivity (Wildman–Crippen MR) is 93.8 cm³/mol. The smallest absolute Gasteiger partial charge is 0.290 e. The largest absolute Gasteiger partial charge is 0.379 e. The fourth-order valence-corrected chi connectivity index (χ4v) is 3.72. The highest BCUT2D eigenvalue weighted by Crippen LogP contribution is 2.29. The number of nitrogens with one attached hydrogen (secondary N) is 1. The number of ether oxygens (including phenoxy) is 1. The Kier molecular flexibility index (Phi) is 6.06. The normalized spacial score (nSPS) is 21.6. The quantitative estimate of drug-likeness (QED) is 0.814. The van der Waals surface area contributed by atoms with E-state index in [1.165, 1.54) is 4.90 Å². The van der Waals surface area contributed by atoms with E-state index in [1.807, 2.05) is 35.2 Å². The first-order valence-electron chi connectivity index (χ1n) is 8.26. The van der Waals surface area contributed by atoms with Gasteiger partial charge in [0.1, 0.15) is 5.25 Å². The van der Waals surface area contributed by atoms with E-state index in [0.717, 1.165) is 17.3 Å². The summed E-state index contributed by atoms with van der Waals surface area (Å²) in [7, 11) is 0. The van der Waals surface area contributed by atoms with Crippen molar-refractivity contribution in [1.82, 2.24) is 15.1 Å². The topological polar surface area (TPSA) is 79.0 Å². The number of hydrogen-bond acceptors (Lipinski definition) is 6. The second-order valence-corrected chi connectivity index (χ2v) is 7.13. The SMILES string of the molecule is O=C(C[C@H]1SC(=O)N(CN2CCOCC2)C1=O)NCc1ccccc1. The van der Waals surface area contributed by atoms with Crippen LogP contribution in [0.25, 0.3) is 0 Å². The highest BCUT2D eigenvalue weighted by atomic mass is 32.2. The lowest BCUT2D eigenvalue weighted by Crippen LogP contribution is -2.46. The van der Waals surface area contributed by atoms with Gasteiger partial charge in [0.15, 0.2) is 0 Å². The molecule has 1 aromatic carbocycles. The zero-order valence-corrected chi connectivity index (χ0v) is 14.7. The summed E-state index contributed by atoms with van der Waals surface area (Å²) in [6, 6.07) is 9.56. The molecule has 0 saturated carbocycles. The van der Waals surface area contributed by atoms with Gasteiger partial charge in [0, 0.05) is 26.1 Å². The number of benzene rings is 1. The Balaban J connectivity index is 1.48. The van der Waals surface area contributed by atoms with Gasteiger partial charge in [-0.05, 0) is 5.56 Å². The molecule has 0 unspecified atom stereocenters. The van der Waals surface area contributed by atoms with Crippen molar-refractivity contribution in [3.63, 3.8) is 0 Å². The molecule has 0 bridgehead atoms. The van der Waals surface area contributed by atoms with Gasteiger partial charge in [-0.3, -0.25) is 24.2 Å². The number of imide groups is 1. The molecule has 8 heteroatoms. The first kappa shape index (κ1) is 17.9. The van der Waals surface area contributed by atoms with Crippen LogP contribution in [0.4, 0.5) is 4.79 Å². The fraction of sp³-hybridized carbons (Fsp3) is 0.471. The van der Waals surface area contributed by atoms with Gasteiger partial charge in [0.25, 0.3) is 5.24 Å². The molecule has 0 aliphatic carbocycles. The van der Waals surface area contributed by atoms with Crippen LogP contribution in [0.1, 0.15) is 12.0 Å². The Morgan fingerprint density at radius 2 is 1.92 bits per heavy atom. The maximum Gasteiger partial charge on any atom is 0.290 e. The van der Waals surface area contributed by atoms with Gasteiger partial charge < -0.3 is 10.1 Å². The first-order valence-corrected chi connectivity index (χ1v) is 9.14. The number of morpholine rings is 1. The molecule has 2 aliphatic heterocycles. The average molecular weight is 363 g/mol. The summed E-state index contributed by atoms with van der Waals surface area (Å²) in [5.41, 5.74) is 0.992. The van der Waals surface area contributed by atoms with Crippen molar-refractivity contribution in [2.75, 3.05) is 33.0 Å². The van der Waals surface area contributed by atoms with Crippen molar-refractivity contribution in [3.05, 3.63) is 35.9 Å². The van der Waals surface area contributed by atoms with Gasteiger partial charge in [-0.15, -0.1) is 0 Å². The van der Waals surface area contributed by atoms with E-state index in [1.54, 1.807) is 0 Å². The van der Waals surface area contributed by atoms with Crippen LogP contribution in [-0.4, -0.2) is 65.1 Å². The highest BCUT2D eigenvalue weighted by Gasteiger charge is 2.41. The molecule has 0 spiro atoms. The molecular weight excluding hydrogens is 342 g/mol. The Hall–Kier alpha value is -1.90. The van der Waals surface area contributed by atoms with Gasteiger partial charge in [-0.25, -0.2) is 0 Å². The van der Waals surface area contributed by atoms with Crippen LogP contribution in [0.3, 0.4) is 0 Å². The molecule has 3 amide bonds. The maximum atomic E-state index is 12.4. The zero-order chi connectivity index (χ0) is 17.6. The number of nitrogens with zero attached hydrogens (tertiary/aromatic N) is 2. The van der Waals surface area contributed by atoms with Crippen molar-refractivity contribution in [1.29, 1.82) is 0 Å². The van der Waals surface area contributed by atoms with Gasteiger partial charge in [0.2, 0.25) is 11.8 Å². The lowest BCUT2D eigenvalue weighted by molar-refractivity contribution is -0.131. The van der Waals surface area contributed by atoms with Crippen LogP contribution in [0.15, 0.2) is 30.3 Å². The van der Waals surface area contributed by atoms with Crippen LogP contribution in [-0.2, 0) is 20.9 Å². The molecule has 2 fully saturated rings. The number of carbonyl (C=O) groups excluding carboxylic acids is 3. The molecule has 1 N–H and O–H groups in total. The molecule has 7 nitrogen and oxygen atoms in total. The third-order valence-corrected chi connectivity index (χ3v) is 5.23. The van der Waals surface area contributed by atoms with Crippen LogP contribution in [0.5, 0.6) is 0 Å². The summed E-state index contributed by atoms with van der Waals surface area (Å²) < 4.78 is 5.27. The Labute approximate surface area is 150 Å². The summed E-state index contributed by atoms with van der Waals surface area (Å²) in [6.07, 6.45) is 0.0156. The monoisotopic (exact) mass is 363 g/mol. The zero-order valence-electron chi connectivity index (χ0n) is 13.8. The Morgan fingerprint density at radius 3 is 2.64 bits per heavy atom. The van der Waals surface area contributed by atoms with Crippen molar-refractivity contribution in [2.24, 2.45) is 0 Å². The molecule has 2 saturated heterocycles. The lowest BCUT2D eigenvalue weighted by Gasteiger charge is -2.29. The third-order valence-electron chi connectivity index (χ3n) is 4.15. The van der Waals surface area contributed by atoms with Gasteiger partial charge >= 0.3 is 0 Å². The summed E-state index contributed by atoms with van der Waals surface area (Å²) in [5.74, 6) is -0.507. The minimum Gasteiger partial charge on any atom is -0.379 e. The standard InChI is InChI=1S/C17H21N3O4S/c21-15(18-11-13-4-2-1-3-5-13)10-14-16(22)20(17(23)25-14)12-19-6-8-24-9-7-19/h1-5,14H,6-12H2,(H,18,21)/t14-/m1/s1. The molecule has 1 atom stereocenters. The maximum absolute atomic E-state index is 12.4. The Morgan fingerprint density at radius 1 is 1.20 bits per heavy atom. The van der Waals surface area contributed by atoms with E-state index in [0.29, 0.717) is 32.8 Å². The van der Waals surface area contributed by atoms with Gasteiger partial charge in [0.05, 0.1) is 19.9 Å². The molecule has 2 aliphatic rings. The van der Waals surface area contributed by atoms with Crippen molar-refractivity contribution >= 4 is 28.8 Å². The summed E-state index contributed by atoms with van der Waals surface area (Å²) >= 11 is 0.939. The van der Waals surface area contributed by atoms with Crippen molar-refractivity contribution < 1.29 is 19.1 Å². The van der Waals surface area contributed by atoms with E-state index < -0.39 is 5.25 Å². The minimum atomic E-state index is -0.635. The fourth-order valence-electron chi connectivity index (χ4n) is 2.74. The van der Waals surface area contributed by atoms with Crippen LogP contribution in [0, 0.1) is 0 Å². The van der Waals surface area contributed by atoms with Gasteiger partial charge in [-0.2, -0.15) is 0 Å². The summed E-state index contributed by atoms with van der Waals surface area (Å²) in [4.78, 5) is 39.9. The Bertz CT molecular complexity index is 634. The number of carbonyl (C=O) groups is 3. The van der Waals surface area contributed by atoms with E-state index >= 15 is 0 Å². The average Bonchev–Trinajstić information content (AvgIpc) is 2.89. The van der Waals surface area contributed by atoms with Crippen molar-refractivity contribution in [3.8, 4) is 0 Å². The minimum absolute atomic E-state index is 0.0156. The van der Waals surface area contributed by atoms with Crippen LogP contribution < -0.4 is 5.32 Å². The van der Waals surface area contributed by atoms with E-state index in [2.05, 4.69) is 5.32 Å². The first-order chi connectivity index (χ1) is 12.1. The molecule has 0 aromatic heterocycles. The van der Waals surface area contributed by atoms with Crippen molar-refractivity contribution in [2.45, 2.75) is 18.2 Å². The molecule has 134 valence electrons.